The van der Waals surface area contributed by atoms with Crippen LogP contribution in [0.5, 0.6) is 11.5 Å². The number of benzene rings is 1. The molecule has 3 aliphatic rings. The van der Waals surface area contributed by atoms with Gasteiger partial charge >= 0.3 is 0 Å². The van der Waals surface area contributed by atoms with E-state index in [1.807, 2.05) is 6.07 Å². The molecule has 5 nitrogen and oxygen atoms in total. The number of hydrogen-bond donors (Lipinski definition) is 1. The first-order valence-electron chi connectivity index (χ1n) is 7.32. The summed E-state index contributed by atoms with van der Waals surface area (Å²) in [5.74, 6) is 1.66. The largest absolute Gasteiger partial charge is 0.454 e. The van der Waals surface area contributed by atoms with Crippen molar-refractivity contribution in [1.82, 2.24) is 4.90 Å². The molecule has 20 heavy (non-hydrogen) atoms. The first-order chi connectivity index (χ1) is 9.83. The molecular weight excluding hydrogens is 256 g/mol. The van der Waals surface area contributed by atoms with Gasteiger partial charge in [-0.15, -0.1) is 0 Å². The zero-order valence-electron chi connectivity index (χ0n) is 11.5. The second kappa shape index (κ2) is 4.91. The summed E-state index contributed by atoms with van der Waals surface area (Å²) in [4.78, 5) is 2.46. The molecule has 3 atom stereocenters. The molecule has 1 aromatic rings. The van der Waals surface area contributed by atoms with Crippen molar-refractivity contribution in [3.05, 3.63) is 23.8 Å². The van der Waals surface area contributed by atoms with E-state index < -0.39 is 0 Å². The van der Waals surface area contributed by atoms with E-state index in [-0.39, 0.29) is 6.04 Å². The lowest BCUT2D eigenvalue weighted by molar-refractivity contribution is -0.0521. The maximum atomic E-state index is 6.04. The average molecular weight is 276 g/mol. The van der Waals surface area contributed by atoms with Gasteiger partial charge in [-0.2, -0.15) is 0 Å². The Labute approximate surface area is 118 Å². The smallest absolute Gasteiger partial charge is 0.231 e. The van der Waals surface area contributed by atoms with Crippen molar-refractivity contribution >= 4 is 0 Å². The van der Waals surface area contributed by atoms with E-state index in [1.165, 1.54) is 18.4 Å². The molecule has 2 fully saturated rings. The van der Waals surface area contributed by atoms with E-state index in [0.717, 1.165) is 24.6 Å². The van der Waals surface area contributed by atoms with Crippen molar-refractivity contribution in [2.24, 2.45) is 5.73 Å². The SMILES string of the molecule is NCC(c1ccc2c(c1)OCO2)N1CC2CCC(C1)O2. The normalized spacial score (nSPS) is 29.6. The van der Waals surface area contributed by atoms with Crippen LogP contribution in [0.25, 0.3) is 0 Å². The molecule has 0 spiro atoms. The molecule has 1 aromatic carbocycles. The van der Waals surface area contributed by atoms with Crippen LogP contribution in [0.3, 0.4) is 0 Å². The highest BCUT2D eigenvalue weighted by molar-refractivity contribution is 5.45. The number of hydrogen-bond acceptors (Lipinski definition) is 5. The van der Waals surface area contributed by atoms with Crippen LogP contribution in [0.15, 0.2) is 18.2 Å². The van der Waals surface area contributed by atoms with E-state index in [1.54, 1.807) is 0 Å². The van der Waals surface area contributed by atoms with E-state index >= 15 is 0 Å². The fourth-order valence-corrected chi connectivity index (χ4v) is 3.52. The van der Waals surface area contributed by atoms with Gasteiger partial charge in [0.05, 0.1) is 12.2 Å². The van der Waals surface area contributed by atoms with E-state index in [2.05, 4.69) is 17.0 Å². The van der Waals surface area contributed by atoms with Gasteiger partial charge in [0.15, 0.2) is 11.5 Å². The molecule has 0 amide bonds. The first kappa shape index (κ1) is 12.4. The predicted molar refractivity (Wildman–Crippen MR) is 73.8 cm³/mol. The highest BCUT2D eigenvalue weighted by Gasteiger charge is 2.36. The molecule has 2 N–H and O–H groups in total. The molecule has 3 unspecified atom stereocenters. The van der Waals surface area contributed by atoms with Gasteiger partial charge in [0.25, 0.3) is 0 Å². The Balaban J connectivity index is 1.58. The van der Waals surface area contributed by atoms with E-state index in [0.29, 0.717) is 25.5 Å². The summed E-state index contributed by atoms with van der Waals surface area (Å²) >= 11 is 0. The Morgan fingerprint density at radius 1 is 1.15 bits per heavy atom. The lowest BCUT2D eigenvalue weighted by atomic mass is 10.0. The second-order valence-electron chi connectivity index (χ2n) is 5.78. The minimum atomic E-state index is 0.233. The monoisotopic (exact) mass is 276 g/mol. The molecule has 2 bridgehead atoms. The van der Waals surface area contributed by atoms with Gasteiger partial charge in [0, 0.05) is 25.7 Å². The number of nitrogens with two attached hydrogens (primary N) is 1. The van der Waals surface area contributed by atoms with Gasteiger partial charge in [-0.05, 0) is 30.5 Å². The molecule has 0 saturated carbocycles. The van der Waals surface area contributed by atoms with Crippen molar-refractivity contribution in [1.29, 1.82) is 0 Å². The fourth-order valence-electron chi connectivity index (χ4n) is 3.52. The summed E-state index contributed by atoms with van der Waals surface area (Å²) in [5, 5.41) is 0. The molecule has 5 heteroatoms. The van der Waals surface area contributed by atoms with Crippen LogP contribution < -0.4 is 15.2 Å². The summed E-state index contributed by atoms with van der Waals surface area (Å²) in [6.45, 7) is 2.88. The Hall–Kier alpha value is -1.30. The molecular formula is C15H20N2O3. The number of ether oxygens (including phenoxy) is 3. The second-order valence-corrected chi connectivity index (χ2v) is 5.78. The van der Waals surface area contributed by atoms with Gasteiger partial charge in [0.1, 0.15) is 0 Å². The molecule has 4 rings (SSSR count). The number of nitrogens with zero attached hydrogens (tertiary/aromatic N) is 1. The third kappa shape index (κ3) is 2.06. The number of fused-ring (bicyclic) bond motifs is 3. The summed E-state index contributed by atoms with van der Waals surface area (Å²) in [6, 6.07) is 6.38. The van der Waals surface area contributed by atoms with Crippen molar-refractivity contribution < 1.29 is 14.2 Å². The van der Waals surface area contributed by atoms with Gasteiger partial charge in [-0.3, -0.25) is 4.90 Å². The molecule has 3 aliphatic heterocycles. The van der Waals surface area contributed by atoms with Crippen LogP contribution in [0.2, 0.25) is 0 Å². The van der Waals surface area contributed by atoms with Crippen LogP contribution in [0.1, 0.15) is 24.4 Å². The van der Waals surface area contributed by atoms with Gasteiger partial charge in [0.2, 0.25) is 6.79 Å². The summed E-state index contributed by atoms with van der Waals surface area (Å²) in [6.07, 6.45) is 3.13. The van der Waals surface area contributed by atoms with Crippen molar-refractivity contribution in [2.75, 3.05) is 26.4 Å². The number of morpholine rings is 1. The topological polar surface area (TPSA) is 57.0 Å². The summed E-state index contributed by atoms with van der Waals surface area (Å²) in [7, 11) is 0. The molecule has 0 radical (unpaired) electrons. The first-order valence-corrected chi connectivity index (χ1v) is 7.32. The van der Waals surface area contributed by atoms with Crippen molar-refractivity contribution in [2.45, 2.75) is 31.1 Å². The Morgan fingerprint density at radius 2 is 1.90 bits per heavy atom. The van der Waals surface area contributed by atoms with E-state index in [4.69, 9.17) is 19.9 Å². The summed E-state index contributed by atoms with van der Waals surface area (Å²) in [5.41, 5.74) is 7.24. The molecule has 2 saturated heterocycles. The molecule has 0 aliphatic carbocycles. The summed E-state index contributed by atoms with van der Waals surface area (Å²) < 4.78 is 16.7. The Kier molecular flexibility index (Phi) is 3.06. The van der Waals surface area contributed by atoms with Gasteiger partial charge in [-0.1, -0.05) is 6.07 Å². The maximum Gasteiger partial charge on any atom is 0.231 e. The standard InChI is InChI=1S/C15H20N2O3/c16-6-13(17-7-11-2-3-12(8-17)20-11)10-1-4-14-15(5-10)19-9-18-14/h1,4-5,11-13H,2-3,6-9,16H2. The lowest BCUT2D eigenvalue weighted by Crippen LogP contribution is -2.46. The highest BCUT2D eigenvalue weighted by atomic mass is 16.7. The highest BCUT2D eigenvalue weighted by Crippen LogP contribution is 2.37. The Bertz CT molecular complexity index is 496. The number of likely N-dealkylation sites (tertiary alicyclic amines) is 1. The zero-order valence-corrected chi connectivity index (χ0v) is 11.5. The third-order valence-electron chi connectivity index (χ3n) is 4.52. The Morgan fingerprint density at radius 3 is 2.65 bits per heavy atom. The molecule has 0 aromatic heterocycles. The van der Waals surface area contributed by atoms with E-state index in [9.17, 15) is 0 Å². The minimum absolute atomic E-state index is 0.233. The van der Waals surface area contributed by atoms with Crippen LogP contribution in [0, 0.1) is 0 Å². The third-order valence-corrected chi connectivity index (χ3v) is 4.52. The van der Waals surface area contributed by atoms with Gasteiger partial charge < -0.3 is 19.9 Å². The van der Waals surface area contributed by atoms with Crippen LogP contribution >= 0.6 is 0 Å². The van der Waals surface area contributed by atoms with Gasteiger partial charge in [-0.25, -0.2) is 0 Å². The zero-order chi connectivity index (χ0) is 13.5. The van der Waals surface area contributed by atoms with Crippen molar-refractivity contribution in [3.63, 3.8) is 0 Å². The average Bonchev–Trinajstić information content (AvgIpc) is 3.05. The lowest BCUT2D eigenvalue weighted by Gasteiger charge is -2.37. The van der Waals surface area contributed by atoms with Crippen LogP contribution in [0.4, 0.5) is 0 Å². The van der Waals surface area contributed by atoms with Crippen LogP contribution in [-0.2, 0) is 4.74 Å². The molecule has 108 valence electrons. The fraction of sp³-hybridized carbons (Fsp3) is 0.600. The minimum Gasteiger partial charge on any atom is -0.454 e. The quantitative estimate of drug-likeness (QED) is 0.901. The maximum absolute atomic E-state index is 6.04. The number of rotatable bonds is 3. The van der Waals surface area contributed by atoms with Crippen molar-refractivity contribution in [3.8, 4) is 11.5 Å². The predicted octanol–water partition coefficient (Wildman–Crippen LogP) is 1.28. The van der Waals surface area contributed by atoms with Crippen LogP contribution in [-0.4, -0.2) is 43.5 Å². The molecule has 3 heterocycles.